The minimum absolute atomic E-state index is 0.0383. The molecule has 2 aliphatic heterocycles. The Hall–Kier alpha value is -3.76. The van der Waals surface area contributed by atoms with Crippen molar-refractivity contribution in [2.24, 2.45) is 7.05 Å². The molecule has 4 aromatic rings. The van der Waals surface area contributed by atoms with Crippen LogP contribution < -0.4 is 4.74 Å². The summed E-state index contributed by atoms with van der Waals surface area (Å²) in [6.07, 6.45) is 6.18. The van der Waals surface area contributed by atoms with Gasteiger partial charge in [0.2, 0.25) is 0 Å². The van der Waals surface area contributed by atoms with E-state index in [0.717, 1.165) is 55.1 Å². The lowest BCUT2D eigenvalue weighted by atomic mass is 10.2. The number of imidazole rings is 1. The van der Waals surface area contributed by atoms with E-state index >= 15 is 0 Å². The molecule has 1 unspecified atom stereocenters. The predicted octanol–water partition coefficient (Wildman–Crippen LogP) is 1.99. The highest BCUT2D eigenvalue weighted by molar-refractivity contribution is 5.92. The van der Waals surface area contributed by atoms with Gasteiger partial charge in [-0.3, -0.25) is 14.2 Å². The van der Waals surface area contributed by atoms with Gasteiger partial charge >= 0.3 is 6.01 Å². The standard InChI is InChI=1S/C23H27N9O2/c1-4-31-14(2)17(11-25-31)20-26-19-12-24-23(27-21(19)29(20)3)34-16-7-9-30(13-16)22(33)18-10-15-6-5-8-32(15)28-18/h10-12,16H,4-9,13H2,1-3H3. The highest BCUT2D eigenvalue weighted by Crippen LogP contribution is 2.26. The van der Waals surface area contributed by atoms with Gasteiger partial charge in [0.1, 0.15) is 17.4 Å². The number of likely N-dealkylation sites (tertiary alicyclic amines) is 1. The Morgan fingerprint density at radius 1 is 1.24 bits per heavy atom. The van der Waals surface area contributed by atoms with Gasteiger partial charge < -0.3 is 14.2 Å². The van der Waals surface area contributed by atoms with Crippen LogP contribution in [0, 0.1) is 6.92 Å². The molecular formula is C23H27N9O2. The number of rotatable bonds is 5. The fraction of sp³-hybridized carbons (Fsp3) is 0.478. The zero-order valence-corrected chi connectivity index (χ0v) is 19.6. The second-order valence-electron chi connectivity index (χ2n) is 8.94. The summed E-state index contributed by atoms with van der Waals surface area (Å²) in [5.41, 5.74) is 5.10. The molecule has 1 amide bonds. The van der Waals surface area contributed by atoms with Gasteiger partial charge in [0, 0.05) is 44.5 Å². The Morgan fingerprint density at radius 2 is 2.12 bits per heavy atom. The highest BCUT2D eigenvalue weighted by Gasteiger charge is 2.31. The molecule has 11 nitrogen and oxygen atoms in total. The molecule has 1 atom stereocenters. The van der Waals surface area contributed by atoms with E-state index in [0.29, 0.717) is 36.0 Å². The van der Waals surface area contributed by atoms with Crippen molar-refractivity contribution in [1.29, 1.82) is 0 Å². The van der Waals surface area contributed by atoms with Crippen LogP contribution in [0.5, 0.6) is 6.01 Å². The van der Waals surface area contributed by atoms with E-state index in [4.69, 9.17) is 9.72 Å². The number of fused-ring (bicyclic) bond motifs is 2. The lowest BCUT2D eigenvalue weighted by molar-refractivity contribution is 0.0763. The third-order valence-electron chi connectivity index (χ3n) is 6.82. The first-order valence-corrected chi connectivity index (χ1v) is 11.8. The fourth-order valence-corrected chi connectivity index (χ4v) is 4.93. The molecule has 0 aliphatic carbocycles. The summed E-state index contributed by atoms with van der Waals surface area (Å²) in [4.78, 5) is 28.4. The number of ether oxygens (including phenoxy) is 1. The number of hydrogen-bond donors (Lipinski definition) is 0. The second-order valence-corrected chi connectivity index (χ2v) is 8.94. The van der Waals surface area contributed by atoms with Gasteiger partial charge in [0.25, 0.3) is 5.91 Å². The summed E-state index contributed by atoms with van der Waals surface area (Å²) in [5.74, 6) is 0.756. The average molecular weight is 462 g/mol. The quantitative estimate of drug-likeness (QED) is 0.447. The number of aryl methyl sites for hydroxylation is 4. The van der Waals surface area contributed by atoms with Crippen molar-refractivity contribution < 1.29 is 9.53 Å². The molecule has 0 N–H and O–H groups in total. The van der Waals surface area contributed by atoms with Crippen molar-refractivity contribution in [3.63, 3.8) is 0 Å². The van der Waals surface area contributed by atoms with Gasteiger partial charge in [-0.15, -0.1) is 0 Å². The molecule has 0 radical (unpaired) electrons. The van der Waals surface area contributed by atoms with Crippen molar-refractivity contribution in [1.82, 2.24) is 44.0 Å². The lowest BCUT2D eigenvalue weighted by Gasteiger charge is -2.15. The minimum atomic E-state index is -0.159. The summed E-state index contributed by atoms with van der Waals surface area (Å²) in [7, 11) is 1.93. The molecule has 0 saturated carbocycles. The molecule has 2 aliphatic rings. The van der Waals surface area contributed by atoms with Gasteiger partial charge in [-0.2, -0.15) is 15.2 Å². The van der Waals surface area contributed by atoms with Crippen LogP contribution in [0.4, 0.5) is 0 Å². The number of hydrogen-bond acceptors (Lipinski definition) is 7. The van der Waals surface area contributed by atoms with Crippen LogP contribution in [-0.2, 0) is 26.6 Å². The first-order valence-electron chi connectivity index (χ1n) is 11.8. The summed E-state index contributed by atoms with van der Waals surface area (Å²) < 4.78 is 11.9. The highest BCUT2D eigenvalue weighted by atomic mass is 16.5. The normalized spacial score (nSPS) is 17.6. The van der Waals surface area contributed by atoms with Crippen molar-refractivity contribution in [2.75, 3.05) is 13.1 Å². The lowest BCUT2D eigenvalue weighted by Crippen LogP contribution is -2.31. The Labute approximate surface area is 196 Å². The van der Waals surface area contributed by atoms with E-state index in [2.05, 4.69) is 27.1 Å². The van der Waals surface area contributed by atoms with Gasteiger partial charge in [-0.05, 0) is 32.8 Å². The molecule has 4 aromatic heterocycles. The van der Waals surface area contributed by atoms with E-state index in [1.165, 1.54) is 0 Å². The summed E-state index contributed by atoms with van der Waals surface area (Å²) >= 11 is 0. The maximum atomic E-state index is 12.9. The average Bonchev–Trinajstić information content (AvgIpc) is 3.63. The smallest absolute Gasteiger partial charge is 0.318 e. The Morgan fingerprint density at radius 3 is 2.91 bits per heavy atom. The van der Waals surface area contributed by atoms with Crippen LogP contribution >= 0.6 is 0 Å². The zero-order chi connectivity index (χ0) is 23.4. The SMILES string of the molecule is CCn1ncc(-c2nc3cnc(OC4CCN(C(=O)c5cc6n(n5)CCC6)C4)nc3n2C)c1C. The molecule has 0 aromatic carbocycles. The zero-order valence-electron chi connectivity index (χ0n) is 19.6. The Balaban J connectivity index is 1.18. The van der Waals surface area contributed by atoms with Crippen LogP contribution in [-0.4, -0.2) is 69.1 Å². The summed E-state index contributed by atoms with van der Waals surface area (Å²) in [6.45, 7) is 6.92. The van der Waals surface area contributed by atoms with Gasteiger partial charge in [-0.1, -0.05) is 0 Å². The largest absolute Gasteiger partial charge is 0.458 e. The molecular weight excluding hydrogens is 434 g/mol. The third-order valence-corrected chi connectivity index (χ3v) is 6.82. The van der Waals surface area contributed by atoms with Crippen molar-refractivity contribution in [2.45, 2.75) is 52.3 Å². The van der Waals surface area contributed by atoms with Crippen LogP contribution in [0.3, 0.4) is 0 Å². The number of carbonyl (C=O) groups excluding carboxylic acids is 1. The molecule has 11 heteroatoms. The molecule has 34 heavy (non-hydrogen) atoms. The number of nitrogens with zero attached hydrogens (tertiary/aromatic N) is 9. The van der Waals surface area contributed by atoms with E-state index in [1.807, 2.05) is 40.2 Å². The molecule has 176 valence electrons. The second kappa shape index (κ2) is 7.93. The van der Waals surface area contributed by atoms with E-state index in [1.54, 1.807) is 11.1 Å². The van der Waals surface area contributed by atoms with Gasteiger partial charge in [-0.25, -0.2) is 9.97 Å². The number of amides is 1. The predicted molar refractivity (Wildman–Crippen MR) is 123 cm³/mol. The molecule has 6 heterocycles. The third kappa shape index (κ3) is 3.34. The molecule has 1 fully saturated rings. The van der Waals surface area contributed by atoms with E-state index in [9.17, 15) is 4.79 Å². The topological polar surface area (TPSA) is 109 Å². The van der Waals surface area contributed by atoms with Gasteiger partial charge in [0.05, 0.1) is 24.5 Å². The van der Waals surface area contributed by atoms with Crippen LogP contribution in [0.25, 0.3) is 22.6 Å². The molecule has 0 spiro atoms. The van der Waals surface area contributed by atoms with Crippen molar-refractivity contribution in [3.8, 4) is 17.4 Å². The molecule has 6 rings (SSSR count). The van der Waals surface area contributed by atoms with Crippen LogP contribution in [0.1, 0.15) is 41.6 Å². The summed E-state index contributed by atoms with van der Waals surface area (Å²) in [5, 5.41) is 8.90. The first kappa shape index (κ1) is 20.8. The summed E-state index contributed by atoms with van der Waals surface area (Å²) in [6, 6.07) is 2.22. The first-order chi connectivity index (χ1) is 16.5. The molecule has 0 bridgehead atoms. The van der Waals surface area contributed by atoms with Crippen LogP contribution in [0.2, 0.25) is 0 Å². The van der Waals surface area contributed by atoms with E-state index < -0.39 is 0 Å². The minimum Gasteiger partial charge on any atom is -0.458 e. The Kier molecular flexibility index (Phi) is 4.85. The Bertz CT molecular complexity index is 1380. The monoisotopic (exact) mass is 461 g/mol. The maximum absolute atomic E-state index is 12.9. The maximum Gasteiger partial charge on any atom is 0.318 e. The van der Waals surface area contributed by atoms with E-state index in [-0.39, 0.29) is 12.0 Å². The fourth-order valence-electron chi connectivity index (χ4n) is 4.93. The van der Waals surface area contributed by atoms with Crippen molar-refractivity contribution >= 4 is 17.1 Å². The van der Waals surface area contributed by atoms with Crippen LogP contribution in [0.15, 0.2) is 18.5 Å². The molecule has 1 saturated heterocycles. The van der Waals surface area contributed by atoms with Gasteiger partial charge in [0.15, 0.2) is 11.3 Å². The number of carbonyl (C=O) groups is 1. The number of aromatic nitrogens is 8. The van der Waals surface area contributed by atoms with Crippen molar-refractivity contribution in [3.05, 3.63) is 35.5 Å².